The van der Waals surface area contributed by atoms with Crippen LogP contribution < -0.4 is 0 Å². The van der Waals surface area contributed by atoms with Crippen molar-refractivity contribution in [2.45, 2.75) is 72.8 Å². The first-order valence-corrected chi connectivity index (χ1v) is 8.26. The Hall–Kier alpha value is -1.08. The van der Waals surface area contributed by atoms with Gasteiger partial charge in [-0.1, -0.05) is 54.9 Å². The van der Waals surface area contributed by atoms with E-state index >= 15 is 0 Å². The third-order valence-corrected chi connectivity index (χ3v) is 4.19. The molecule has 1 nitrogen and oxygen atoms in total. The van der Waals surface area contributed by atoms with E-state index in [0.717, 1.165) is 37.7 Å². The van der Waals surface area contributed by atoms with Crippen LogP contribution in [0.15, 0.2) is 46.6 Å². The number of rotatable bonds is 1. The van der Waals surface area contributed by atoms with Gasteiger partial charge in [-0.3, -0.25) is 0 Å². The van der Waals surface area contributed by atoms with E-state index in [9.17, 15) is 5.11 Å². The van der Waals surface area contributed by atoms with Gasteiger partial charge in [0.25, 0.3) is 0 Å². The summed E-state index contributed by atoms with van der Waals surface area (Å²) in [7, 11) is 0. The smallest absolute Gasteiger partial charge is 0.0792 e. The largest absolute Gasteiger partial charge is 0.388 e. The van der Waals surface area contributed by atoms with Gasteiger partial charge in [0.05, 0.1) is 6.10 Å². The number of allylic oxidation sites excluding steroid dienone is 6. The summed E-state index contributed by atoms with van der Waals surface area (Å²) in [6.07, 6.45) is 13.8. The fourth-order valence-corrected chi connectivity index (χ4v) is 2.71. The summed E-state index contributed by atoms with van der Waals surface area (Å²) in [5.74, 6) is 0.381. The van der Waals surface area contributed by atoms with Crippen molar-refractivity contribution < 1.29 is 5.11 Å². The zero-order valence-corrected chi connectivity index (χ0v) is 14.4. The minimum Gasteiger partial charge on any atom is -0.388 e. The van der Waals surface area contributed by atoms with Gasteiger partial charge in [0.1, 0.15) is 0 Å². The lowest BCUT2D eigenvalue weighted by molar-refractivity contribution is 0.200. The molecule has 0 unspecified atom stereocenters. The molecule has 0 saturated heterocycles. The van der Waals surface area contributed by atoms with Crippen LogP contribution in [-0.2, 0) is 0 Å². The van der Waals surface area contributed by atoms with Gasteiger partial charge in [-0.2, -0.15) is 0 Å². The zero-order valence-electron chi connectivity index (χ0n) is 14.4. The molecule has 0 aromatic heterocycles. The molecule has 21 heavy (non-hydrogen) atoms. The second-order valence-corrected chi connectivity index (χ2v) is 6.73. The third kappa shape index (κ3) is 6.95. The Bertz CT molecular complexity index is 446. The van der Waals surface area contributed by atoms with E-state index in [1.807, 2.05) is 0 Å². The van der Waals surface area contributed by atoms with Crippen molar-refractivity contribution >= 4 is 0 Å². The van der Waals surface area contributed by atoms with Gasteiger partial charge in [-0.15, -0.1) is 0 Å². The van der Waals surface area contributed by atoms with E-state index in [1.165, 1.54) is 16.7 Å². The van der Waals surface area contributed by atoms with Crippen molar-refractivity contribution in [3.8, 4) is 0 Å². The fourth-order valence-electron chi connectivity index (χ4n) is 2.71. The molecule has 0 bridgehead atoms. The first kappa shape index (κ1) is 18.0. The van der Waals surface area contributed by atoms with Crippen LogP contribution in [0.25, 0.3) is 0 Å². The molecule has 0 radical (unpaired) electrons. The van der Waals surface area contributed by atoms with E-state index in [-0.39, 0.29) is 6.10 Å². The van der Waals surface area contributed by atoms with Crippen LogP contribution >= 0.6 is 0 Å². The fraction of sp³-hybridized carbons (Fsp3) is 0.600. The molecule has 0 saturated carbocycles. The molecule has 0 fully saturated rings. The summed E-state index contributed by atoms with van der Waals surface area (Å²) in [6.45, 7) is 10.9. The molecule has 1 aliphatic rings. The maximum Gasteiger partial charge on any atom is 0.0792 e. The molecule has 0 aromatic rings. The van der Waals surface area contributed by atoms with Crippen LogP contribution in [0.2, 0.25) is 0 Å². The molecule has 0 spiro atoms. The van der Waals surface area contributed by atoms with Gasteiger partial charge < -0.3 is 5.11 Å². The molecular formula is C20H32O. The Kier molecular flexibility index (Phi) is 7.74. The Morgan fingerprint density at radius 1 is 0.905 bits per heavy atom. The Morgan fingerprint density at radius 3 is 2.10 bits per heavy atom. The minimum atomic E-state index is -0.357. The van der Waals surface area contributed by atoms with Crippen molar-refractivity contribution in [1.29, 1.82) is 0 Å². The minimum absolute atomic E-state index is 0.357. The van der Waals surface area contributed by atoms with E-state index in [4.69, 9.17) is 0 Å². The summed E-state index contributed by atoms with van der Waals surface area (Å²) in [5, 5.41) is 10.5. The average Bonchev–Trinajstić information content (AvgIpc) is 2.37. The van der Waals surface area contributed by atoms with Gasteiger partial charge in [0.2, 0.25) is 0 Å². The second kappa shape index (κ2) is 9.04. The molecule has 1 atom stereocenters. The first-order valence-electron chi connectivity index (χ1n) is 8.26. The van der Waals surface area contributed by atoms with Crippen LogP contribution in [0.3, 0.4) is 0 Å². The summed E-state index contributed by atoms with van der Waals surface area (Å²) in [5.41, 5.74) is 5.29. The standard InChI is InChI=1S/C20H32O/c1-15(2)19-13-12-17(4)10-6-8-16(3)9-7-11-18(5)14-20(19)21/h8,11-13,15,20-21H,6-7,9-10,14H2,1-5H3/b16-8+,17-12+,18-11+,19-13-/t20-/m0/s1. The molecule has 1 rings (SSSR count). The first-order chi connectivity index (χ1) is 9.90. The highest BCUT2D eigenvalue weighted by Gasteiger charge is 2.14. The van der Waals surface area contributed by atoms with E-state index in [2.05, 4.69) is 58.9 Å². The van der Waals surface area contributed by atoms with Crippen molar-refractivity contribution in [3.05, 3.63) is 46.6 Å². The van der Waals surface area contributed by atoms with Crippen LogP contribution in [0.4, 0.5) is 0 Å². The summed E-state index contributed by atoms with van der Waals surface area (Å²) < 4.78 is 0. The molecular weight excluding hydrogens is 256 g/mol. The van der Waals surface area contributed by atoms with Gasteiger partial charge in [0, 0.05) is 0 Å². The molecule has 1 aliphatic carbocycles. The lowest BCUT2D eigenvalue weighted by atomic mass is 9.92. The Balaban J connectivity index is 3.00. The van der Waals surface area contributed by atoms with E-state index in [0.29, 0.717) is 5.92 Å². The van der Waals surface area contributed by atoms with Gasteiger partial charge >= 0.3 is 0 Å². The quantitative estimate of drug-likeness (QED) is 0.611. The predicted octanol–water partition coefficient (Wildman–Crippen LogP) is 5.73. The normalized spacial score (nSPS) is 32.8. The summed E-state index contributed by atoms with van der Waals surface area (Å²) in [6, 6.07) is 0. The third-order valence-electron chi connectivity index (χ3n) is 4.19. The van der Waals surface area contributed by atoms with Crippen molar-refractivity contribution in [1.82, 2.24) is 0 Å². The van der Waals surface area contributed by atoms with Crippen LogP contribution in [-0.4, -0.2) is 11.2 Å². The van der Waals surface area contributed by atoms with Gasteiger partial charge in [-0.05, 0) is 64.4 Å². The molecule has 0 aliphatic heterocycles. The second-order valence-electron chi connectivity index (χ2n) is 6.73. The number of hydrogen-bond acceptors (Lipinski definition) is 1. The lowest BCUT2D eigenvalue weighted by Crippen LogP contribution is -2.15. The van der Waals surface area contributed by atoms with E-state index < -0.39 is 0 Å². The lowest BCUT2D eigenvalue weighted by Gasteiger charge is -2.19. The SMILES string of the molecule is C/C1=C\C=C(\C(C)C)[C@@H](O)C/C(C)=C/CC/C(C)=C/CC1. The van der Waals surface area contributed by atoms with Crippen molar-refractivity contribution in [2.24, 2.45) is 5.92 Å². The summed E-state index contributed by atoms with van der Waals surface area (Å²) in [4.78, 5) is 0. The molecule has 0 aromatic carbocycles. The van der Waals surface area contributed by atoms with E-state index in [1.54, 1.807) is 0 Å². The predicted molar refractivity (Wildman–Crippen MR) is 93.3 cm³/mol. The van der Waals surface area contributed by atoms with Crippen LogP contribution in [0.5, 0.6) is 0 Å². The highest BCUT2D eigenvalue weighted by Crippen LogP contribution is 2.22. The highest BCUT2D eigenvalue weighted by atomic mass is 16.3. The molecule has 118 valence electrons. The molecule has 0 heterocycles. The van der Waals surface area contributed by atoms with Crippen molar-refractivity contribution in [2.75, 3.05) is 0 Å². The summed E-state index contributed by atoms with van der Waals surface area (Å²) >= 11 is 0. The van der Waals surface area contributed by atoms with Crippen LogP contribution in [0, 0.1) is 5.92 Å². The number of aliphatic hydroxyl groups is 1. The molecule has 1 N–H and O–H groups in total. The maximum absolute atomic E-state index is 10.5. The van der Waals surface area contributed by atoms with Gasteiger partial charge in [-0.25, -0.2) is 0 Å². The highest BCUT2D eigenvalue weighted by molar-refractivity contribution is 5.23. The van der Waals surface area contributed by atoms with Crippen molar-refractivity contribution in [3.63, 3.8) is 0 Å². The van der Waals surface area contributed by atoms with Crippen LogP contribution in [0.1, 0.15) is 66.7 Å². The Morgan fingerprint density at radius 2 is 1.48 bits per heavy atom. The maximum atomic E-state index is 10.5. The topological polar surface area (TPSA) is 20.2 Å². The number of hydrogen-bond donors (Lipinski definition) is 1. The molecule has 0 amide bonds. The average molecular weight is 288 g/mol. The molecule has 1 heteroatoms. The van der Waals surface area contributed by atoms with Gasteiger partial charge in [0.15, 0.2) is 0 Å². The number of aliphatic hydroxyl groups excluding tert-OH is 1. The zero-order chi connectivity index (χ0) is 15.8. The Labute approximate surface area is 131 Å². The monoisotopic (exact) mass is 288 g/mol.